The van der Waals surface area contributed by atoms with E-state index in [0.29, 0.717) is 18.0 Å². The van der Waals surface area contributed by atoms with E-state index in [4.69, 9.17) is 15.2 Å². The van der Waals surface area contributed by atoms with Crippen LogP contribution in [0.15, 0.2) is 48.7 Å². The van der Waals surface area contributed by atoms with Gasteiger partial charge < -0.3 is 30.1 Å². The lowest BCUT2D eigenvalue weighted by molar-refractivity contribution is -0.151. The Labute approximate surface area is 219 Å². The van der Waals surface area contributed by atoms with Crippen LogP contribution in [0.5, 0.6) is 17.6 Å². The minimum Gasteiger partial charge on any atom is -0.481 e. The number of nitrogens with two attached hydrogens (primary N) is 1. The highest BCUT2D eigenvalue weighted by atomic mass is 16.5. The van der Waals surface area contributed by atoms with Crippen molar-refractivity contribution in [1.29, 1.82) is 0 Å². The number of carboxylic acids is 1. The number of anilines is 3. The predicted octanol–water partition coefficient (Wildman–Crippen LogP) is 3.37. The number of carboxylic acid groups (broad SMARTS) is 1. The van der Waals surface area contributed by atoms with Crippen LogP contribution < -0.4 is 25.0 Å². The Balaban J connectivity index is 1.15. The van der Waals surface area contributed by atoms with Gasteiger partial charge in [-0.1, -0.05) is 18.2 Å². The van der Waals surface area contributed by atoms with E-state index in [9.17, 15) is 14.7 Å². The SMILES string of the molecule is Nc1nc(Oc2ccccc2)nc2c1C(=O)N(c1ccc(N3CCC4(CC3)CC(C(=O)O)C4)nc1)CCO2. The molecule has 0 radical (unpaired) electrons. The van der Waals surface area contributed by atoms with Crippen molar-refractivity contribution in [2.75, 3.05) is 41.8 Å². The van der Waals surface area contributed by atoms with Crippen molar-refractivity contribution in [2.45, 2.75) is 25.7 Å². The lowest BCUT2D eigenvalue weighted by Crippen LogP contribution is -2.49. The van der Waals surface area contributed by atoms with Gasteiger partial charge in [-0.15, -0.1) is 0 Å². The molecule has 0 unspecified atom stereocenters. The van der Waals surface area contributed by atoms with E-state index in [1.807, 2.05) is 30.3 Å². The Kier molecular flexibility index (Phi) is 5.97. The summed E-state index contributed by atoms with van der Waals surface area (Å²) in [5.41, 5.74) is 7.05. The Morgan fingerprint density at radius 3 is 2.53 bits per heavy atom. The number of hydrogen-bond donors (Lipinski definition) is 2. The number of carbonyl (C=O) groups excluding carboxylic acids is 1. The Hall–Kier alpha value is -4.41. The first kappa shape index (κ1) is 24.0. The zero-order valence-corrected chi connectivity index (χ0v) is 20.7. The van der Waals surface area contributed by atoms with Crippen LogP contribution in [0.3, 0.4) is 0 Å². The van der Waals surface area contributed by atoms with Crippen LogP contribution in [-0.4, -0.2) is 58.2 Å². The Bertz CT molecular complexity index is 1350. The largest absolute Gasteiger partial charge is 0.481 e. The average molecular weight is 517 g/mol. The van der Waals surface area contributed by atoms with Gasteiger partial charge in [-0.3, -0.25) is 9.59 Å². The summed E-state index contributed by atoms with van der Waals surface area (Å²) < 4.78 is 11.4. The van der Waals surface area contributed by atoms with Gasteiger partial charge in [-0.25, -0.2) is 4.98 Å². The van der Waals surface area contributed by atoms with Crippen LogP contribution >= 0.6 is 0 Å². The number of aliphatic carboxylic acids is 1. The summed E-state index contributed by atoms with van der Waals surface area (Å²) in [5.74, 6) is 0.202. The molecule has 6 rings (SSSR count). The molecule has 11 heteroatoms. The number of piperidine rings is 1. The maximum atomic E-state index is 13.5. The number of hydrogen-bond acceptors (Lipinski definition) is 9. The molecule has 196 valence electrons. The fourth-order valence-electron chi connectivity index (χ4n) is 5.60. The van der Waals surface area contributed by atoms with Crippen LogP contribution in [0.25, 0.3) is 0 Å². The molecule has 1 spiro atoms. The first-order valence-electron chi connectivity index (χ1n) is 12.7. The number of amides is 1. The summed E-state index contributed by atoms with van der Waals surface area (Å²) in [7, 11) is 0. The number of fused-ring (bicyclic) bond motifs is 1. The van der Waals surface area contributed by atoms with Gasteiger partial charge in [0.2, 0.25) is 5.88 Å². The van der Waals surface area contributed by atoms with Crippen molar-refractivity contribution in [2.24, 2.45) is 11.3 Å². The molecule has 2 aromatic heterocycles. The van der Waals surface area contributed by atoms with Crippen LogP contribution in [0.4, 0.5) is 17.3 Å². The normalized spacial score (nSPS) is 18.8. The van der Waals surface area contributed by atoms with Crippen LogP contribution in [-0.2, 0) is 4.79 Å². The quantitative estimate of drug-likeness (QED) is 0.518. The number of rotatable bonds is 5. The van der Waals surface area contributed by atoms with Gasteiger partial charge in [0.05, 0.1) is 24.3 Å². The molecule has 2 fully saturated rings. The molecule has 3 aliphatic rings. The summed E-state index contributed by atoms with van der Waals surface area (Å²) in [6.07, 6.45) is 5.16. The highest BCUT2D eigenvalue weighted by Gasteiger charge is 2.48. The summed E-state index contributed by atoms with van der Waals surface area (Å²) in [5, 5.41) is 9.21. The molecule has 3 N–H and O–H groups in total. The van der Waals surface area contributed by atoms with Gasteiger partial charge in [-0.05, 0) is 55.4 Å². The van der Waals surface area contributed by atoms with Crippen molar-refractivity contribution in [3.05, 3.63) is 54.2 Å². The maximum absolute atomic E-state index is 13.5. The molecule has 38 heavy (non-hydrogen) atoms. The lowest BCUT2D eigenvalue weighted by Gasteiger charge is -2.51. The number of benzene rings is 1. The Morgan fingerprint density at radius 1 is 1.08 bits per heavy atom. The number of para-hydroxylation sites is 1. The monoisotopic (exact) mass is 516 g/mol. The van der Waals surface area contributed by atoms with Crippen molar-refractivity contribution in [1.82, 2.24) is 15.0 Å². The molecule has 1 saturated carbocycles. The van der Waals surface area contributed by atoms with Gasteiger partial charge >= 0.3 is 12.0 Å². The fourth-order valence-corrected chi connectivity index (χ4v) is 5.60. The van der Waals surface area contributed by atoms with Gasteiger partial charge in [-0.2, -0.15) is 9.97 Å². The molecular weight excluding hydrogens is 488 g/mol. The fraction of sp³-hybridized carbons (Fsp3) is 0.370. The summed E-state index contributed by atoms with van der Waals surface area (Å²) in [6, 6.07) is 12.8. The average Bonchev–Trinajstić information content (AvgIpc) is 3.06. The summed E-state index contributed by atoms with van der Waals surface area (Å²) >= 11 is 0. The molecule has 1 aromatic carbocycles. The number of nitrogen functional groups attached to an aromatic ring is 1. The third-order valence-electron chi connectivity index (χ3n) is 7.75. The van der Waals surface area contributed by atoms with Gasteiger partial charge in [0, 0.05) is 13.1 Å². The van der Waals surface area contributed by atoms with Gasteiger partial charge in [0.15, 0.2) is 0 Å². The number of carbonyl (C=O) groups is 2. The molecule has 3 aromatic rings. The van der Waals surface area contributed by atoms with E-state index < -0.39 is 5.97 Å². The third-order valence-corrected chi connectivity index (χ3v) is 7.75. The molecule has 2 aliphatic heterocycles. The number of nitrogens with zero attached hydrogens (tertiary/aromatic N) is 5. The highest BCUT2D eigenvalue weighted by molar-refractivity contribution is 6.10. The molecule has 11 nitrogen and oxygen atoms in total. The molecule has 1 amide bonds. The van der Waals surface area contributed by atoms with Crippen molar-refractivity contribution in [3.8, 4) is 17.6 Å². The van der Waals surface area contributed by atoms with E-state index in [1.54, 1.807) is 23.2 Å². The molecule has 1 saturated heterocycles. The second-order valence-electron chi connectivity index (χ2n) is 10.1. The van der Waals surface area contributed by atoms with Gasteiger partial charge in [0.25, 0.3) is 5.91 Å². The zero-order valence-electron chi connectivity index (χ0n) is 20.7. The van der Waals surface area contributed by atoms with Gasteiger partial charge in [0.1, 0.15) is 29.6 Å². The van der Waals surface area contributed by atoms with Crippen LogP contribution in [0.1, 0.15) is 36.0 Å². The van der Waals surface area contributed by atoms with E-state index in [-0.39, 0.29) is 47.1 Å². The second-order valence-corrected chi connectivity index (χ2v) is 10.1. The molecule has 1 aliphatic carbocycles. The zero-order chi connectivity index (χ0) is 26.3. The minimum atomic E-state index is -0.680. The highest BCUT2D eigenvalue weighted by Crippen LogP contribution is 2.52. The minimum absolute atomic E-state index is 0.00316. The molecule has 0 atom stereocenters. The third kappa shape index (κ3) is 4.44. The number of pyridine rings is 1. The van der Waals surface area contributed by atoms with Crippen LogP contribution in [0.2, 0.25) is 0 Å². The standard InChI is InChI=1S/C27H28N6O5/c28-22-21-23(31-26(30-22)38-19-4-2-1-3-5-19)37-13-12-33(24(21)34)18-6-7-20(29-16-18)32-10-8-27(9-11-32)14-17(15-27)25(35)36/h1-7,16-17H,8-15H2,(H,35,36)(H2,28,30,31). The maximum Gasteiger partial charge on any atom is 0.327 e. The molecule has 0 bridgehead atoms. The molecule has 4 heterocycles. The van der Waals surface area contributed by atoms with E-state index in [2.05, 4.69) is 19.9 Å². The first-order valence-corrected chi connectivity index (χ1v) is 12.7. The number of ether oxygens (including phenoxy) is 2. The second kappa shape index (κ2) is 9.47. The van der Waals surface area contributed by atoms with E-state index in [0.717, 1.165) is 44.6 Å². The predicted molar refractivity (Wildman–Crippen MR) is 139 cm³/mol. The van der Waals surface area contributed by atoms with E-state index >= 15 is 0 Å². The lowest BCUT2D eigenvalue weighted by atomic mass is 9.57. The van der Waals surface area contributed by atoms with E-state index in [1.165, 1.54) is 0 Å². The summed E-state index contributed by atoms with van der Waals surface area (Å²) in [6.45, 7) is 2.18. The van der Waals surface area contributed by atoms with Crippen molar-refractivity contribution < 1.29 is 24.2 Å². The smallest absolute Gasteiger partial charge is 0.327 e. The van der Waals surface area contributed by atoms with Crippen LogP contribution in [0, 0.1) is 11.3 Å². The Morgan fingerprint density at radius 2 is 1.84 bits per heavy atom. The summed E-state index contributed by atoms with van der Waals surface area (Å²) in [4.78, 5) is 41.5. The first-order chi connectivity index (χ1) is 18.4. The molecular formula is C27H28N6O5. The van der Waals surface area contributed by atoms with Crippen molar-refractivity contribution >= 4 is 29.2 Å². The topological polar surface area (TPSA) is 144 Å². The number of aromatic nitrogens is 3. The van der Waals surface area contributed by atoms with Crippen molar-refractivity contribution in [3.63, 3.8) is 0 Å².